The van der Waals surface area contributed by atoms with Gasteiger partial charge in [0.15, 0.2) is 0 Å². The van der Waals surface area contributed by atoms with Crippen LogP contribution < -0.4 is 5.32 Å². The minimum absolute atomic E-state index is 0.202. The standard InChI is InChI=1S/C13H17NOS/c15-13(11-5-2-1-3-6-11)14-9-8-12-7-4-10-16-12/h1-2,4,7,10-11H,3,5-6,8-9H2,(H,14,15)/t11-/m0/s1. The minimum atomic E-state index is 0.202. The molecule has 1 heterocycles. The summed E-state index contributed by atoms with van der Waals surface area (Å²) in [5.41, 5.74) is 0. The zero-order valence-corrected chi connectivity index (χ0v) is 10.1. The molecule has 2 nitrogen and oxygen atoms in total. The van der Waals surface area contributed by atoms with E-state index < -0.39 is 0 Å². The summed E-state index contributed by atoms with van der Waals surface area (Å²) in [6.45, 7) is 0.763. The molecule has 0 unspecified atom stereocenters. The van der Waals surface area contributed by atoms with Crippen molar-refractivity contribution in [3.05, 3.63) is 34.5 Å². The lowest BCUT2D eigenvalue weighted by Crippen LogP contribution is -2.32. The van der Waals surface area contributed by atoms with Crippen molar-refractivity contribution >= 4 is 17.2 Å². The van der Waals surface area contributed by atoms with E-state index in [1.165, 1.54) is 4.88 Å². The maximum absolute atomic E-state index is 11.8. The zero-order chi connectivity index (χ0) is 11.2. The topological polar surface area (TPSA) is 29.1 Å². The maximum Gasteiger partial charge on any atom is 0.223 e. The first-order valence-corrected chi connectivity index (χ1v) is 6.69. The Morgan fingerprint density at radius 3 is 3.12 bits per heavy atom. The number of carbonyl (C=O) groups is 1. The average molecular weight is 235 g/mol. The first-order chi connectivity index (χ1) is 7.86. The van der Waals surface area contributed by atoms with Crippen molar-refractivity contribution in [3.8, 4) is 0 Å². The third kappa shape index (κ3) is 3.20. The molecule has 1 N–H and O–H groups in total. The van der Waals surface area contributed by atoms with Crippen molar-refractivity contribution in [2.45, 2.75) is 25.7 Å². The van der Waals surface area contributed by atoms with Gasteiger partial charge in [-0.15, -0.1) is 11.3 Å². The van der Waals surface area contributed by atoms with Gasteiger partial charge in [-0.3, -0.25) is 4.79 Å². The smallest absolute Gasteiger partial charge is 0.223 e. The molecular weight excluding hydrogens is 218 g/mol. The van der Waals surface area contributed by atoms with Crippen molar-refractivity contribution in [3.63, 3.8) is 0 Å². The maximum atomic E-state index is 11.8. The Hall–Kier alpha value is -1.09. The lowest BCUT2D eigenvalue weighted by molar-refractivity contribution is -0.125. The van der Waals surface area contributed by atoms with Gasteiger partial charge in [0.1, 0.15) is 0 Å². The number of amides is 1. The highest BCUT2D eigenvalue weighted by Gasteiger charge is 2.17. The third-order valence-corrected chi connectivity index (χ3v) is 3.83. The van der Waals surface area contributed by atoms with E-state index in [0.29, 0.717) is 0 Å². The molecule has 16 heavy (non-hydrogen) atoms. The fourth-order valence-electron chi connectivity index (χ4n) is 1.94. The molecule has 0 saturated heterocycles. The molecule has 0 saturated carbocycles. The molecular formula is C13H17NOS. The van der Waals surface area contributed by atoms with Crippen LogP contribution in [0.15, 0.2) is 29.7 Å². The monoisotopic (exact) mass is 235 g/mol. The summed E-state index contributed by atoms with van der Waals surface area (Å²) in [7, 11) is 0. The van der Waals surface area contributed by atoms with Crippen molar-refractivity contribution in [2.75, 3.05) is 6.54 Å². The van der Waals surface area contributed by atoms with Crippen LogP contribution in [-0.4, -0.2) is 12.5 Å². The number of rotatable bonds is 4. The van der Waals surface area contributed by atoms with Gasteiger partial charge >= 0.3 is 0 Å². The fraction of sp³-hybridized carbons (Fsp3) is 0.462. The van der Waals surface area contributed by atoms with Gasteiger partial charge in [0.05, 0.1) is 0 Å². The first kappa shape index (κ1) is 11.4. The van der Waals surface area contributed by atoms with Gasteiger partial charge in [0.2, 0.25) is 5.91 Å². The number of nitrogens with one attached hydrogen (secondary N) is 1. The van der Waals surface area contributed by atoms with Crippen LogP contribution in [-0.2, 0) is 11.2 Å². The van der Waals surface area contributed by atoms with Crippen LogP contribution in [0, 0.1) is 5.92 Å². The van der Waals surface area contributed by atoms with E-state index in [4.69, 9.17) is 0 Å². The number of hydrogen-bond donors (Lipinski definition) is 1. The van der Waals surface area contributed by atoms with E-state index in [-0.39, 0.29) is 11.8 Å². The number of hydrogen-bond acceptors (Lipinski definition) is 2. The quantitative estimate of drug-likeness (QED) is 0.799. The predicted octanol–water partition coefficient (Wildman–Crippen LogP) is 2.76. The van der Waals surface area contributed by atoms with E-state index in [9.17, 15) is 4.79 Å². The molecule has 0 aliphatic heterocycles. The summed E-state index contributed by atoms with van der Waals surface area (Å²) < 4.78 is 0. The van der Waals surface area contributed by atoms with Gasteiger partial charge in [0.25, 0.3) is 0 Å². The van der Waals surface area contributed by atoms with Crippen molar-refractivity contribution in [2.24, 2.45) is 5.92 Å². The molecule has 1 atom stereocenters. The zero-order valence-electron chi connectivity index (χ0n) is 9.32. The van der Waals surface area contributed by atoms with Crippen molar-refractivity contribution < 1.29 is 4.79 Å². The van der Waals surface area contributed by atoms with Crippen LogP contribution >= 0.6 is 11.3 Å². The van der Waals surface area contributed by atoms with Gasteiger partial charge in [-0.25, -0.2) is 0 Å². The van der Waals surface area contributed by atoms with Gasteiger partial charge in [-0.1, -0.05) is 18.2 Å². The second kappa shape index (κ2) is 5.85. The average Bonchev–Trinajstić information content (AvgIpc) is 2.83. The number of carbonyl (C=O) groups excluding carboxylic acids is 1. The molecule has 1 amide bonds. The Morgan fingerprint density at radius 2 is 2.44 bits per heavy atom. The molecule has 1 aliphatic carbocycles. The largest absolute Gasteiger partial charge is 0.355 e. The Kier molecular flexibility index (Phi) is 4.17. The summed E-state index contributed by atoms with van der Waals surface area (Å²) in [5, 5.41) is 5.10. The van der Waals surface area contributed by atoms with Crippen LogP contribution in [0.5, 0.6) is 0 Å². The second-order valence-corrected chi connectivity index (χ2v) is 5.13. The number of allylic oxidation sites excluding steroid dienone is 2. The van der Waals surface area contributed by atoms with E-state index >= 15 is 0 Å². The SMILES string of the molecule is O=C(NCCc1cccs1)[C@H]1CC=CCC1. The molecule has 1 aromatic rings. The first-order valence-electron chi connectivity index (χ1n) is 5.81. The van der Waals surface area contributed by atoms with Gasteiger partial charge in [0, 0.05) is 17.3 Å². The molecule has 0 fully saturated rings. The third-order valence-electron chi connectivity index (χ3n) is 2.89. The molecule has 1 aromatic heterocycles. The minimum Gasteiger partial charge on any atom is -0.355 e. The molecule has 2 rings (SSSR count). The van der Waals surface area contributed by atoms with Crippen LogP contribution in [0.3, 0.4) is 0 Å². The molecule has 0 spiro atoms. The predicted molar refractivity (Wildman–Crippen MR) is 67.5 cm³/mol. The van der Waals surface area contributed by atoms with Crippen molar-refractivity contribution in [1.82, 2.24) is 5.32 Å². The van der Waals surface area contributed by atoms with E-state index in [1.54, 1.807) is 11.3 Å². The van der Waals surface area contributed by atoms with Crippen LogP contribution in [0.25, 0.3) is 0 Å². The number of thiophene rings is 1. The summed E-state index contributed by atoms with van der Waals surface area (Å²) in [5.74, 6) is 0.425. The summed E-state index contributed by atoms with van der Waals surface area (Å²) in [6, 6.07) is 4.16. The van der Waals surface area contributed by atoms with Gasteiger partial charge in [-0.2, -0.15) is 0 Å². The molecule has 86 valence electrons. The molecule has 3 heteroatoms. The van der Waals surface area contributed by atoms with Crippen molar-refractivity contribution in [1.29, 1.82) is 0 Å². The highest BCUT2D eigenvalue weighted by molar-refractivity contribution is 7.09. The lowest BCUT2D eigenvalue weighted by Gasteiger charge is -2.16. The van der Waals surface area contributed by atoms with Crippen LogP contribution in [0.1, 0.15) is 24.1 Å². The molecule has 1 aliphatic rings. The highest BCUT2D eigenvalue weighted by Crippen LogP contribution is 2.18. The summed E-state index contributed by atoms with van der Waals surface area (Å²) >= 11 is 1.75. The Balaban J connectivity index is 1.69. The summed E-state index contributed by atoms with van der Waals surface area (Å²) in [4.78, 5) is 13.1. The van der Waals surface area contributed by atoms with Gasteiger partial charge < -0.3 is 5.32 Å². The Labute approximate surface area is 100 Å². The Bertz CT molecular complexity index is 356. The lowest BCUT2D eigenvalue weighted by atomic mass is 9.94. The van der Waals surface area contributed by atoms with Crippen LogP contribution in [0.2, 0.25) is 0 Å². The van der Waals surface area contributed by atoms with Crippen LogP contribution in [0.4, 0.5) is 0 Å². The second-order valence-electron chi connectivity index (χ2n) is 4.10. The van der Waals surface area contributed by atoms with Gasteiger partial charge in [-0.05, 0) is 37.1 Å². The summed E-state index contributed by atoms with van der Waals surface area (Å²) in [6.07, 6.45) is 8.18. The van der Waals surface area contributed by atoms with E-state index in [2.05, 4.69) is 28.9 Å². The highest BCUT2D eigenvalue weighted by atomic mass is 32.1. The van der Waals surface area contributed by atoms with E-state index in [0.717, 1.165) is 32.2 Å². The Morgan fingerprint density at radius 1 is 1.50 bits per heavy atom. The normalized spacial score (nSPS) is 19.6. The molecule has 0 aromatic carbocycles. The van der Waals surface area contributed by atoms with E-state index in [1.807, 2.05) is 6.07 Å². The fourth-order valence-corrected chi connectivity index (χ4v) is 2.65. The molecule has 0 bridgehead atoms. The molecule has 0 radical (unpaired) electrons.